The van der Waals surface area contributed by atoms with Gasteiger partial charge in [0.25, 0.3) is 5.91 Å². The molecule has 0 atom stereocenters. The summed E-state index contributed by atoms with van der Waals surface area (Å²) in [6, 6.07) is 7.21. The number of ether oxygens (including phenoxy) is 2. The predicted molar refractivity (Wildman–Crippen MR) is 88.2 cm³/mol. The van der Waals surface area contributed by atoms with E-state index in [1.165, 1.54) is 0 Å². The van der Waals surface area contributed by atoms with Crippen molar-refractivity contribution in [2.45, 2.75) is 0 Å². The third-order valence-electron chi connectivity index (χ3n) is 3.13. The molecule has 22 heavy (non-hydrogen) atoms. The number of nitrogens with two attached hydrogens (primary N) is 1. The largest absolute Gasteiger partial charge is 0.495 e. The molecule has 0 bridgehead atoms. The maximum Gasteiger partial charge on any atom is 0.277 e. The van der Waals surface area contributed by atoms with Gasteiger partial charge in [0.2, 0.25) is 0 Å². The molecular weight excluding hydrogens is 304 g/mol. The second kappa shape index (κ2) is 7.71. The molecule has 0 unspecified atom stereocenters. The van der Waals surface area contributed by atoms with Gasteiger partial charge in [-0.25, -0.2) is 0 Å². The van der Waals surface area contributed by atoms with Crippen LogP contribution in [0, 0.1) is 0 Å². The van der Waals surface area contributed by atoms with Crippen LogP contribution in [0.2, 0.25) is 0 Å². The minimum absolute atomic E-state index is 0.0165. The molecule has 0 saturated carbocycles. The number of morpholine rings is 1. The van der Waals surface area contributed by atoms with Gasteiger partial charge in [0, 0.05) is 13.1 Å². The van der Waals surface area contributed by atoms with E-state index in [9.17, 15) is 4.79 Å². The molecule has 0 aromatic heterocycles. The van der Waals surface area contributed by atoms with Gasteiger partial charge in [-0.1, -0.05) is 24.4 Å². The van der Waals surface area contributed by atoms with Gasteiger partial charge in [-0.15, -0.1) is 0 Å². The number of carbonyl (C=O) groups excluding carboxylic acids is 1. The van der Waals surface area contributed by atoms with E-state index >= 15 is 0 Å². The second-order valence-corrected chi connectivity index (χ2v) is 4.98. The average molecular weight is 322 g/mol. The summed E-state index contributed by atoms with van der Waals surface area (Å²) in [4.78, 5) is 14.0. The number of rotatable bonds is 5. The van der Waals surface area contributed by atoms with Crippen LogP contribution in [-0.4, -0.2) is 54.9 Å². The van der Waals surface area contributed by atoms with E-state index in [2.05, 4.69) is 10.5 Å². The van der Waals surface area contributed by atoms with Crippen molar-refractivity contribution in [3.05, 3.63) is 24.3 Å². The summed E-state index contributed by atoms with van der Waals surface area (Å²) >= 11 is 4.94. The summed E-state index contributed by atoms with van der Waals surface area (Å²) in [6.45, 7) is 1.98. The Kier molecular flexibility index (Phi) is 5.68. The summed E-state index contributed by atoms with van der Waals surface area (Å²) in [5.41, 5.74) is 9.05. The number of benzene rings is 1. The van der Waals surface area contributed by atoms with Crippen molar-refractivity contribution in [1.82, 2.24) is 4.90 Å². The number of amides is 1. The molecule has 0 aliphatic carbocycles. The van der Waals surface area contributed by atoms with Gasteiger partial charge in [-0.3, -0.25) is 10.2 Å². The van der Waals surface area contributed by atoms with E-state index in [1.54, 1.807) is 24.1 Å². The lowest BCUT2D eigenvalue weighted by Crippen LogP contribution is -2.47. The Bertz CT molecular complexity index is 585. The zero-order valence-corrected chi connectivity index (χ0v) is 13.1. The van der Waals surface area contributed by atoms with E-state index < -0.39 is 0 Å². The number of carbonyl (C=O) groups is 1. The minimum atomic E-state index is -0.307. The first-order valence-electron chi connectivity index (χ1n) is 6.77. The fraction of sp³-hybridized carbons (Fsp3) is 0.357. The molecule has 1 aromatic carbocycles. The van der Waals surface area contributed by atoms with E-state index in [1.807, 2.05) is 12.1 Å². The molecule has 7 nitrogen and oxygen atoms in total. The first-order valence-corrected chi connectivity index (χ1v) is 7.18. The first kappa shape index (κ1) is 16.2. The Morgan fingerprint density at radius 1 is 1.41 bits per heavy atom. The number of thiocarbonyl (C=S) groups is 1. The van der Waals surface area contributed by atoms with E-state index in [0.29, 0.717) is 37.7 Å². The van der Waals surface area contributed by atoms with Gasteiger partial charge in [0.15, 0.2) is 5.71 Å². The number of hydrazone groups is 1. The molecule has 2 rings (SSSR count). The van der Waals surface area contributed by atoms with Crippen LogP contribution in [0.25, 0.3) is 0 Å². The maximum absolute atomic E-state index is 12.4. The SMILES string of the molecule is COc1ccccc1N/N=C(\C(=O)N1CCOCC1)C(N)=S. The van der Waals surface area contributed by atoms with Crippen LogP contribution in [0.4, 0.5) is 5.69 Å². The van der Waals surface area contributed by atoms with Gasteiger partial charge in [0.05, 0.1) is 26.0 Å². The molecule has 1 saturated heterocycles. The highest BCUT2D eigenvalue weighted by Gasteiger charge is 2.24. The molecule has 1 aliphatic heterocycles. The molecule has 1 aromatic rings. The molecule has 118 valence electrons. The molecule has 0 radical (unpaired) electrons. The topological polar surface area (TPSA) is 89.2 Å². The highest BCUT2D eigenvalue weighted by Crippen LogP contribution is 2.22. The maximum atomic E-state index is 12.4. The van der Waals surface area contributed by atoms with Crippen LogP contribution in [0.15, 0.2) is 29.4 Å². The Morgan fingerprint density at radius 2 is 2.09 bits per heavy atom. The molecule has 0 spiro atoms. The highest BCUT2D eigenvalue weighted by atomic mass is 32.1. The van der Waals surface area contributed by atoms with E-state index in [-0.39, 0.29) is 16.6 Å². The standard InChI is InChI=1S/C14H18N4O3S/c1-20-11-5-3-2-4-10(11)16-17-12(13(15)22)14(19)18-6-8-21-9-7-18/h2-5,16H,6-9H2,1H3,(H2,15,22)/b17-12-. The number of hydrogen-bond acceptors (Lipinski definition) is 6. The molecule has 8 heteroatoms. The fourth-order valence-electron chi connectivity index (χ4n) is 1.98. The Hall–Kier alpha value is -2.19. The summed E-state index contributed by atoms with van der Waals surface area (Å²) in [5.74, 6) is 0.297. The number of nitrogens with zero attached hydrogens (tertiary/aromatic N) is 2. The lowest BCUT2D eigenvalue weighted by molar-refractivity contribution is -0.127. The van der Waals surface area contributed by atoms with Crippen molar-refractivity contribution < 1.29 is 14.3 Å². The Labute approximate surface area is 134 Å². The van der Waals surface area contributed by atoms with Crippen LogP contribution in [0.1, 0.15) is 0 Å². The van der Waals surface area contributed by atoms with Gasteiger partial charge < -0.3 is 20.1 Å². The number of nitrogens with one attached hydrogen (secondary N) is 1. The molecule has 1 heterocycles. The number of hydrogen-bond donors (Lipinski definition) is 2. The van der Waals surface area contributed by atoms with Crippen molar-refractivity contribution in [3.8, 4) is 5.75 Å². The number of anilines is 1. The lowest BCUT2D eigenvalue weighted by atomic mass is 10.3. The summed E-state index contributed by atoms with van der Waals surface area (Å²) in [5, 5.41) is 4.07. The number of para-hydroxylation sites is 2. The predicted octanol–water partition coefficient (Wildman–Crippen LogP) is 0.608. The van der Waals surface area contributed by atoms with E-state index in [4.69, 9.17) is 27.4 Å². The zero-order chi connectivity index (χ0) is 15.9. The average Bonchev–Trinajstić information content (AvgIpc) is 2.55. The van der Waals surface area contributed by atoms with Crippen LogP contribution in [-0.2, 0) is 9.53 Å². The smallest absolute Gasteiger partial charge is 0.277 e. The van der Waals surface area contributed by atoms with Gasteiger partial charge in [-0.2, -0.15) is 5.10 Å². The molecule has 1 amide bonds. The van der Waals surface area contributed by atoms with Gasteiger partial charge in [-0.05, 0) is 12.1 Å². The van der Waals surface area contributed by atoms with Crippen molar-refractivity contribution >= 4 is 34.5 Å². The monoisotopic (exact) mass is 322 g/mol. The summed E-state index contributed by atoms with van der Waals surface area (Å²) in [6.07, 6.45) is 0. The highest BCUT2D eigenvalue weighted by molar-refractivity contribution is 7.82. The van der Waals surface area contributed by atoms with Gasteiger partial charge >= 0.3 is 0 Å². The van der Waals surface area contributed by atoms with Crippen molar-refractivity contribution in [3.63, 3.8) is 0 Å². The van der Waals surface area contributed by atoms with E-state index in [0.717, 1.165) is 0 Å². The fourth-order valence-corrected chi connectivity index (χ4v) is 2.11. The molecule has 1 aliphatic rings. The first-order chi connectivity index (χ1) is 10.6. The quantitative estimate of drug-likeness (QED) is 0.469. The van der Waals surface area contributed by atoms with Crippen molar-refractivity contribution in [2.75, 3.05) is 38.8 Å². The van der Waals surface area contributed by atoms with Crippen LogP contribution >= 0.6 is 12.2 Å². The third-order valence-corrected chi connectivity index (χ3v) is 3.32. The minimum Gasteiger partial charge on any atom is -0.495 e. The van der Waals surface area contributed by atoms with Crippen LogP contribution in [0.3, 0.4) is 0 Å². The Balaban J connectivity index is 2.16. The van der Waals surface area contributed by atoms with Crippen molar-refractivity contribution in [2.24, 2.45) is 10.8 Å². The lowest BCUT2D eigenvalue weighted by Gasteiger charge is -2.26. The molecule has 1 fully saturated rings. The third kappa shape index (κ3) is 3.92. The van der Waals surface area contributed by atoms with Gasteiger partial charge in [0.1, 0.15) is 10.7 Å². The second-order valence-electron chi connectivity index (χ2n) is 4.54. The molecule has 3 N–H and O–H groups in total. The summed E-state index contributed by atoms with van der Waals surface area (Å²) < 4.78 is 10.4. The van der Waals surface area contributed by atoms with Crippen LogP contribution < -0.4 is 15.9 Å². The Morgan fingerprint density at radius 3 is 2.73 bits per heavy atom. The van der Waals surface area contributed by atoms with Crippen molar-refractivity contribution in [1.29, 1.82) is 0 Å². The zero-order valence-electron chi connectivity index (χ0n) is 12.2. The normalized spacial score (nSPS) is 15.3. The number of methoxy groups -OCH3 is 1. The molecular formula is C14H18N4O3S. The summed E-state index contributed by atoms with van der Waals surface area (Å²) in [7, 11) is 1.55. The van der Waals surface area contributed by atoms with Crippen LogP contribution in [0.5, 0.6) is 5.75 Å².